The van der Waals surface area contributed by atoms with E-state index in [-0.39, 0.29) is 11.9 Å². The minimum absolute atomic E-state index is 0.214. The molecule has 128 valence electrons. The monoisotopic (exact) mass is 343 g/mol. The number of aromatic nitrogens is 2. The van der Waals surface area contributed by atoms with Gasteiger partial charge in [0, 0.05) is 16.8 Å². The summed E-state index contributed by atoms with van der Waals surface area (Å²) in [5.74, 6) is 1.80. The number of benzene rings is 3. The van der Waals surface area contributed by atoms with Gasteiger partial charge in [0.25, 0.3) is 0 Å². The molecule has 0 bridgehead atoms. The molecule has 4 aromatic rings. The van der Waals surface area contributed by atoms with Crippen LogP contribution in [0.3, 0.4) is 0 Å². The third-order valence-electron chi connectivity index (χ3n) is 4.84. The number of nitrogens with zero attached hydrogens (tertiary/aromatic N) is 2. The summed E-state index contributed by atoms with van der Waals surface area (Å²) in [6.07, 6.45) is -0.289. The molecule has 1 aliphatic heterocycles. The molecule has 2 N–H and O–H groups in total. The number of phenolic OH excluding ortho intramolecular Hbond substituents is 1. The lowest BCUT2D eigenvalue weighted by molar-refractivity contribution is 0.409. The quantitative estimate of drug-likeness (QED) is 0.567. The maximum atomic E-state index is 10.5. The molecule has 0 amide bonds. The van der Waals surface area contributed by atoms with Crippen LogP contribution in [0, 0.1) is 0 Å². The second-order valence-corrected chi connectivity index (χ2v) is 6.31. The Morgan fingerprint density at radius 2 is 1.85 bits per heavy atom. The molecular weight excluding hydrogens is 326 g/mol. The van der Waals surface area contributed by atoms with Gasteiger partial charge in [0.15, 0.2) is 0 Å². The van der Waals surface area contributed by atoms with Crippen molar-refractivity contribution in [2.45, 2.75) is 6.17 Å². The van der Waals surface area contributed by atoms with Crippen LogP contribution >= 0.6 is 0 Å². The van der Waals surface area contributed by atoms with Gasteiger partial charge in [0.2, 0.25) is 0 Å². The van der Waals surface area contributed by atoms with Crippen LogP contribution in [-0.2, 0) is 0 Å². The van der Waals surface area contributed by atoms with E-state index in [0.29, 0.717) is 5.75 Å². The Hall–Kier alpha value is -3.47. The molecule has 1 aliphatic rings. The predicted molar refractivity (Wildman–Crippen MR) is 102 cm³/mol. The molecular formula is C21H17N3O2. The molecule has 0 saturated heterocycles. The van der Waals surface area contributed by atoms with Crippen molar-refractivity contribution in [3.05, 3.63) is 72.3 Å². The van der Waals surface area contributed by atoms with Crippen LogP contribution in [0.25, 0.3) is 22.4 Å². The fourth-order valence-electron chi connectivity index (χ4n) is 3.61. The van der Waals surface area contributed by atoms with Crippen LogP contribution < -0.4 is 10.1 Å². The van der Waals surface area contributed by atoms with Gasteiger partial charge in [0.1, 0.15) is 23.5 Å². The molecule has 3 aromatic carbocycles. The Morgan fingerprint density at radius 1 is 1.04 bits per heavy atom. The smallest absolute Gasteiger partial charge is 0.145 e. The van der Waals surface area contributed by atoms with Crippen molar-refractivity contribution in [1.29, 1.82) is 0 Å². The molecule has 0 unspecified atom stereocenters. The Labute approximate surface area is 150 Å². The fourth-order valence-corrected chi connectivity index (χ4v) is 3.61. The van der Waals surface area contributed by atoms with Crippen LogP contribution in [0.2, 0.25) is 0 Å². The van der Waals surface area contributed by atoms with Crippen molar-refractivity contribution in [1.82, 2.24) is 9.55 Å². The number of fused-ring (bicyclic) bond motifs is 5. The normalized spacial score (nSPS) is 15.2. The van der Waals surface area contributed by atoms with Gasteiger partial charge in [-0.1, -0.05) is 24.3 Å². The van der Waals surface area contributed by atoms with E-state index in [1.807, 2.05) is 48.5 Å². The van der Waals surface area contributed by atoms with Crippen molar-refractivity contribution in [2.24, 2.45) is 0 Å². The van der Waals surface area contributed by atoms with Crippen LogP contribution in [0.4, 0.5) is 5.69 Å². The van der Waals surface area contributed by atoms with Gasteiger partial charge in [-0.15, -0.1) is 0 Å². The average molecular weight is 343 g/mol. The van der Waals surface area contributed by atoms with Crippen LogP contribution in [-0.4, -0.2) is 21.8 Å². The van der Waals surface area contributed by atoms with Gasteiger partial charge in [0.05, 0.1) is 18.1 Å². The van der Waals surface area contributed by atoms with E-state index in [9.17, 15) is 5.11 Å². The van der Waals surface area contributed by atoms with Gasteiger partial charge in [-0.05, 0) is 42.5 Å². The number of hydrogen-bond donors (Lipinski definition) is 2. The maximum Gasteiger partial charge on any atom is 0.145 e. The maximum absolute atomic E-state index is 10.5. The number of nitrogens with one attached hydrogen (secondary N) is 1. The average Bonchev–Trinajstić information content (AvgIpc) is 3.08. The number of imidazole rings is 1. The first kappa shape index (κ1) is 14.8. The van der Waals surface area contributed by atoms with Gasteiger partial charge in [-0.25, -0.2) is 4.98 Å². The highest BCUT2D eigenvalue weighted by atomic mass is 16.5. The molecule has 1 aromatic heterocycles. The van der Waals surface area contributed by atoms with E-state index in [2.05, 4.69) is 16.0 Å². The van der Waals surface area contributed by atoms with Crippen molar-refractivity contribution in [3.8, 4) is 22.9 Å². The molecule has 1 atom stereocenters. The van der Waals surface area contributed by atoms with Crippen molar-refractivity contribution < 1.29 is 9.84 Å². The van der Waals surface area contributed by atoms with Gasteiger partial charge in [-0.2, -0.15) is 0 Å². The number of para-hydroxylation sites is 3. The van der Waals surface area contributed by atoms with Gasteiger partial charge < -0.3 is 15.2 Å². The Kier molecular flexibility index (Phi) is 3.15. The summed E-state index contributed by atoms with van der Waals surface area (Å²) in [6.45, 7) is 0. The van der Waals surface area contributed by atoms with Gasteiger partial charge >= 0.3 is 0 Å². The molecule has 0 saturated carbocycles. The summed E-state index contributed by atoms with van der Waals surface area (Å²) in [5.41, 5.74) is 4.71. The molecule has 5 heteroatoms. The lowest BCUT2D eigenvalue weighted by Crippen LogP contribution is -2.24. The number of anilines is 1. The molecule has 5 rings (SSSR count). The summed E-state index contributed by atoms with van der Waals surface area (Å²) < 4.78 is 7.49. The Morgan fingerprint density at radius 3 is 2.73 bits per heavy atom. The largest absolute Gasteiger partial charge is 0.508 e. The molecule has 26 heavy (non-hydrogen) atoms. The zero-order chi connectivity index (χ0) is 17.7. The molecule has 0 spiro atoms. The van der Waals surface area contributed by atoms with Gasteiger partial charge in [-0.3, -0.25) is 4.57 Å². The Balaban J connectivity index is 1.82. The van der Waals surface area contributed by atoms with Crippen molar-refractivity contribution >= 4 is 16.7 Å². The van der Waals surface area contributed by atoms with E-state index in [1.54, 1.807) is 19.2 Å². The first-order valence-corrected chi connectivity index (χ1v) is 8.46. The fraction of sp³-hybridized carbons (Fsp3) is 0.0952. The van der Waals surface area contributed by atoms with E-state index in [1.165, 1.54) is 0 Å². The third kappa shape index (κ3) is 2.07. The first-order valence-electron chi connectivity index (χ1n) is 8.46. The minimum atomic E-state index is -0.289. The second-order valence-electron chi connectivity index (χ2n) is 6.31. The highest BCUT2D eigenvalue weighted by molar-refractivity contribution is 5.86. The van der Waals surface area contributed by atoms with Crippen molar-refractivity contribution in [2.75, 3.05) is 12.4 Å². The SMILES string of the molecule is COc1ccc(O)c([C@@H]2Nc3ccccc3-c3nc4ccccc4n32)c1. The number of phenols is 1. The standard InChI is InChI=1S/C21H17N3O2/c1-26-13-10-11-19(25)15(12-13)21-22-16-7-3-2-6-14(16)20-23-17-8-4-5-9-18(17)24(20)21/h2-12,21-22,25H,1H3/t21-/m1/s1. The van der Waals surface area contributed by atoms with Crippen molar-refractivity contribution in [3.63, 3.8) is 0 Å². The van der Waals surface area contributed by atoms with Crippen LogP contribution in [0.15, 0.2) is 66.7 Å². The van der Waals surface area contributed by atoms with E-state index < -0.39 is 0 Å². The number of aromatic hydroxyl groups is 1. The lowest BCUT2D eigenvalue weighted by atomic mass is 10.0. The zero-order valence-electron chi connectivity index (χ0n) is 14.2. The summed E-state index contributed by atoms with van der Waals surface area (Å²) >= 11 is 0. The predicted octanol–water partition coefficient (Wildman–Crippen LogP) is 4.39. The molecule has 5 nitrogen and oxygen atoms in total. The lowest BCUT2D eigenvalue weighted by Gasteiger charge is -2.30. The van der Waals surface area contributed by atoms with E-state index >= 15 is 0 Å². The number of methoxy groups -OCH3 is 1. The Bertz CT molecular complexity index is 1130. The molecule has 2 heterocycles. The summed E-state index contributed by atoms with van der Waals surface area (Å²) in [6, 6.07) is 21.4. The molecule has 0 aliphatic carbocycles. The summed E-state index contributed by atoms with van der Waals surface area (Å²) in [4.78, 5) is 4.85. The van der Waals surface area contributed by atoms with Crippen LogP contribution in [0.1, 0.15) is 11.7 Å². The summed E-state index contributed by atoms with van der Waals surface area (Å²) in [7, 11) is 1.62. The van der Waals surface area contributed by atoms with E-state index in [4.69, 9.17) is 9.72 Å². The number of hydrogen-bond acceptors (Lipinski definition) is 4. The van der Waals surface area contributed by atoms with E-state index in [0.717, 1.165) is 33.7 Å². The third-order valence-corrected chi connectivity index (χ3v) is 4.84. The highest BCUT2D eigenvalue weighted by Gasteiger charge is 2.29. The summed E-state index contributed by atoms with van der Waals surface area (Å²) in [5, 5.41) is 14.1. The topological polar surface area (TPSA) is 59.3 Å². The van der Waals surface area contributed by atoms with Crippen LogP contribution in [0.5, 0.6) is 11.5 Å². The molecule has 0 radical (unpaired) electrons. The number of ether oxygens (including phenoxy) is 1. The first-order chi connectivity index (χ1) is 12.8. The number of rotatable bonds is 2. The second kappa shape index (κ2) is 5.52. The highest BCUT2D eigenvalue weighted by Crippen LogP contribution is 2.42. The minimum Gasteiger partial charge on any atom is -0.508 e. The molecule has 0 fully saturated rings. The zero-order valence-corrected chi connectivity index (χ0v) is 14.2.